The molecule has 1 N–H and O–H groups in total. The summed E-state index contributed by atoms with van der Waals surface area (Å²) in [6.45, 7) is 12.5. The number of carbonyl (C=O) groups is 1. The second kappa shape index (κ2) is 5.78. The monoisotopic (exact) mass is 268 g/mol. The van der Waals surface area contributed by atoms with Gasteiger partial charge in [-0.05, 0) is 37.1 Å². The van der Waals surface area contributed by atoms with E-state index in [2.05, 4.69) is 44.1 Å². The van der Waals surface area contributed by atoms with Gasteiger partial charge in [0.2, 0.25) is 0 Å². The van der Waals surface area contributed by atoms with Crippen molar-refractivity contribution in [2.24, 2.45) is 0 Å². The van der Waals surface area contributed by atoms with E-state index in [9.17, 15) is 4.79 Å². The zero-order chi connectivity index (χ0) is 14.7. The van der Waals surface area contributed by atoms with E-state index < -0.39 is 0 Å². The number of aromatic nitrogens is 1. The van der Waals surface area contributed by atoms with E-state index in [1.165, 1.54) is 11.1 Å². The summed E-state index contributed by atoms with van der Waals surface area (Å²) in [4.78, 5) is 17.4. The zero-order valence-electron chi connectivity index (χ0n) is 12.1. The zero-order valence-corrected chi connectivity index (χ0v) is 12.1. The smallest absolute Gasteiger partial charge is 0.270 e. The number of H-pyrrole nitrogens is 1. The van der Waals surface area contributed by atoms with Crippen LogP contribution in [-0.4, -0.2) is 28.9 Å². The van der Waals surface area contributed by atoms with Gasteiger partial charge in [-0.2, -0.15) is 0 Å². The highest BCUT2D eigenvalue weighted by Gasteiger charge is 2.16. The maximum Gasteiger partial charge on any atom is 0.270 e. The molecular formula is C17H20N2O. The SMILES string of the molecule is C=CCN(CC=C)C(=O)c1cc2c(C)cc(C)cc2[nH]1. The Morgan fingerprint density at radius 3 is 2.45 bits per heavy atom. The third-order valence-electron chi connectivity index (χ3n) is 3.31. The highest BCUT2D eigenvalue weighted by molar-refractivity contribution is 5.99. The summed E-state index contributed by atoms with van der Waals surface area (Å²) in [5, 5.41) is 1.09. The van der Waals surface area contributed by atoms with Crippen LogP contribution in [0.3, 0.4) is 0 Å². The van der Waals surface area contributed by atoms with Crippen molar-refractivity contribution in [3.63, 3.8) is 0 Å². The predicted octanol–water partition coefficient (Wildman–Crippen LogP) is 3.60. The average Bonchev–Trinajstić information content (AvgIpc) is 2.81. The van der Waals surface area contributed by atoms with Crippen LogP contribution in [0.4, 0.5) is 0 Å². The van der Waals surface area contributed by atoms with Gasteiger partial charge in [0, 0.05) is 24.0 Å². The van der Waals surface area contributed by atoms with Crippen LogP contribution in [0.2, 0.25) is 0 Å². The van der Waals surface area contributed by atoms with Gasteiger partial charge in [-0.1, -0.05) is 18.2 Å². The fourth-order valence-corrected chi connectivity index (χ4v) is 2.44. The summed E-state index contributed by atoms with van der Waals surface area (Å²) >= 11 is 0. The quantitative estimate of drug-likeness (QED) is 0.826. The lowest BCUT2D eigenvalue weighted by molar-refractivity contribution is 0.0786. The van der Waals surface area contributed by atoms with Crippen LogP contribution in [0.1, 0.15) is 21.6 Å². The molecular weight excluding hydrogens is 248 g/mol. The first-order chi connectivity index (χ1) is 9.56. The summed E-state index contributed by atoms with van der Waals surface area (Å²) in [6.07, 6.45) is 3.44. The van der Waals surface area contributed by atoms with Gasteiger partial charge in [0.15, 0.2) is 0 Å². The largest absolute Gasteiger partial charge is 0.351 e. The predicted molar refractivity (Wildman–Crippen MR) is 84.1 cm³/mol. The van der Waals surface area contributed by atoms with Gasteiger partial charge in [0.1, 0.15) is 5.69 Å². The van der Waals surface area contributed by atoms with Crippen molar-refractivity contribution in [3.8, 4) is 0 Å². The molecule has 3 heteroatoms. The van der Waals surface area contributed by atoms with Gasteiger partial charge < -0.3 is 9.88 Å². The van der Waals surface area contributed by atoms with Crippen molar-refractivity contribution in [2.75, 3.05) is 13.1 Å². The van der Waals surface area contributed by atoms with Gasteiger partial charge in [0.05, 0.1) is 0 Å². The highest BCUT2D eigenvalue weighted by atomic mass is 16.2. The number of carbonyl (C=O) groups excluding carboxylic acids is 1. The van der Waals surface area contributed by atoms with Gasteiger partial charge >= 0.3 is 0 Å². The molecule has 1 aromatic heterocycles. The Morgan fingerprint density at radius 2 is 1.85 bits per heavy atom. The normalized spacial score (nSPS) is 10.5. The Kier molecular flexibility index (Phi) is 4.08. The van der Waals surface area contributed by atoms with Gasteiger partial charge in [0.25, 0.3) is 5.91 Å². The molecule has 0 spiro atoms. The summed E-state index contributed by atoms with van der Waals surface area (Å²) in [5.74, 6) is -0.0296. The van der Waals surface area contributed by atoms with E-state index in [0.717, 1.165) is 10.9 Å². The molecule has 3 nitrogen and oxygen atoms in total. The first-order valence-corrected chi connectivity index (χ1v) is 6.68. The lowest BCUT2D eigenvalue weighted by Gasteiger charge is -2.18. The molecule has 2 rings (SSSR count). The molecule has 0 aliphatic carbocycles. The second-order valence-corrected chi connectivity index (χ2v) is 5.01. The number of fused-ring (bicyclic) bond motifs is 1. The Hall–Kier alpha value is -2.29. The summed E-state index contributed by atoms with van der Waals surface area (Å²) in [7, 11) is 0. The van der Waals surface area contributed by atoms with Crippen LogP contribution >= 0.6 is 0 Å². The molecule has 0 atom stereocenters. The third-order valence-corrected chi connectivity index (χ3v) is 3.31. The molecule has 20 heavy (non-hydrogen) atoms. The molecule has 0 saturated heterocycles. The number of rotatable bonds is 5. The fraction of sp³-hybridized carbons (Fsp3) is 0.235. The van der Waals surface area contributed by atoms with Crippen molar-refractivity contribution in [1.82, 2.24) is 9.88 Å². The van der Waals surface area contributed by atoms with Crippen molar-refractivity contribution >= 4 is 16.8 Å². The van der Waals surface area contributed by atoms with E-state index >= 15 is 0 Å². The molecule has 104 valence electrons. The van der Waals surface area contributed by atoms with Gasteiger partial charge in [-0.15, -0.1) is 13.2 Å². The van der Waals surface area contributed by atoms with Crippen LogP contribution in [0.15, 0.2) is 43.5 Å². The molecule has 1 aromatic carbocycles. The number of nitrogens with zero attached hydrogens (tertiary/aromatic N) is 1. The van der Waals surface area contributed by atoms with E-state index in [4.69, 9.17) is 0 Å². The topological polar surface area (TPSA) is 36.1 Å². The number of benzene rings is 1. The van der Waals surface area contributed by atoms with Crippen molar-refractivity contribution in [1.29, 1.82) is 0 Å². The molecule has 0 bridgehead atoms. The first-order valence-electron chi connectivity index (χ1n) is 6.68. The number of aromatic amines is 1. The first kappa shape index (κ1) is 14.1. The van der Waals surface area contributed by atoms with E-state index in [0.29, 0.717) is 18.8 Å². The summed E-state index contributed by atoms with van der Waals surface area (Å²) in [6, 6.07) is 6.10. The molecule has 0 fully saturated rings. The fourth-order valence-electron chi connectivity index (χ4n) is 2.44. The van der Waals surface area contributed by atoms with Crippen LogP contribution < -0.4 is 0 Å². The Labute approximate surface area is 119 Å². The Bertz CT molecular complexity index is 657. The van der Waals surface area contributed by atoms with Gasteiger partial charge in [-0.3, -0.25) is 4.79 Å². The molecule has 0 unspecified atom stereocenters. The second-order valence-electron chi connectivity index (χ2n) is 5.01. The molecule has 0 radical (unpaired) electrons. The van der Waals surface area contributed by atoms with Crippen molar-refractivity contribution in [3.05, 3.63) is 60.3 Å². The average molecular weight is 268 g/mol. The third kappa shape index (κ3) is 2.67. The van der Waals surface area contributed by atoms with E-state index in [1.807, 2.05) is 6.07 Å². The minimum absolute atomic E-state index is 0.0296. The summed E-state index contributed by atoms with van der Waals surface area (Å²) < 4.78 is 0. The Balaban J connectivity index is 2.41. The van der Waals surface area contributed by atoms with Crippen LogP contribution in [0.5, 0.6) is 0 Å². The highest BCUT2D eigenvalue weighted by Crippen LogP contribution is 2.22. The maximum atomic E-state index is 12.5. The minimum Gasteiger partial charge on any atom is -0.351 e. The van der Waals surface area contributed by atoms with Crippen LogP contribution in [0.25, 0.3) is 10.9 Å². The van der Waals surface area contributed by atoms with Crippen molar-refractivity contribution < 1.29 is 4.79 Å². The van der Waals surface area contributed by atoms with Crippen LogP contribution in [0, 0.1) is 13.8 Å². The maximum absolute atomic E-state index is 12.5. The van der Waals surface area contributed by atoms with E-state index in [-0.39, 0.29) is 5.91 Å². The van der Waals surface area contributed by atoms with Crippen molar-refractivity contribution in [2.45, 2.75) is 13.8 Å². The minimum atomic E-state index is -0.0296. The van der Waals surface area contributed by atoms with E-state index in [1.54, 1.807) is 17.1 Å². The molecule has 0 saturated carbocycles. The number of aryl methyl sites for hydroxylation is 2. The van der Waals surface area contributed by atoms with Gasteiger partial charge in [-0.25, -0.2) is 0 Å². The lowest BCUT2D eigenvalue weighted by atomic mass is 10.1. The standard InChI is InChI=1S/C17H20N2O/c1-5-7-19(8-6-2)17(20)16-11-14-13(4)9-12(3)10-15(14)18-16/h5-6,9-11,18H,1-2,7-8H2,3-4H3. The number of hydrogen-bond acceptors (Lipinski definition) is 1. The van der Waals surface area contributed by atoms with Crippen LogP contribution in [-0.2, 0) is 0 Å². The molecule has 0 aliphatic rings. The molecule has 1 heterocycles. The number of hydrogen-bond donors (Lipinski definition) is 1. The number of amides is 1. The number of nitrogens with one attached hydrogen (secondary N) is 1. The lowest BCUT2D eigenvalue weighted by Crippen LogP contribution is -2.31. The molecule has 0 aliphatic heterocycles. The molecule has 1 amide bonds. The molecule has 2 aromatic rings. The Morgan fingerprint density at radius 1 is 1.20 bits per heavy atom. The summed E-state index contributed by atoms with van der Waals surface area (Å²) in [5.41, 5.74) is 3.97.